The van der Waals surface area contributed by atoms with Crippen LogP contribution in [-0.2, 0) is 10.3 Å². The molecule has 0 radical (unpaired) electrons. The molecule has 76 valence electrons. The monoisotopic (exact) mass is 194 g/mol. The molecule has 0 heterocycles. The number of nitrogens with two attached hydrogens (primary N) is 2. The molecule has 1 aromatic rings. The molecule has 0 bridgehead atoms. The second-order valence-corrected chi connectivity index (χ2v) is 3.61. The predicted molar refractivity (Wildman–Crippen MR) is 54.6 cm³/mol. The van der Waals surface area contributed by atoms with E-state index >= 15 is 0 Å². The predicted octanol–water partition coefficient (Wildman–Crippen LogP) is 0.917. The van der Waals surface area contributed by atoms with Gasteiger partial charge in [-0.25, -0.2) is 0 Å². The lowest BCUT2D eigenvalue weighted by atomic mass is 9.89. The molecule has 0 aromatic heterocycles. The van der Waals surface area contributed by atoms with Gasteiger partial charge in [-0.05, 0) is 24.6 Å². The quantitative estimate of drug-likeness (QED) is 0.624. The molecule has 0 spiro atoms. The Balaban J connectivity index is 2.97. The number of anilines is 1. The number of hydrogen-bond acceptors (Lipinski definition) is 3. The highest BCUT2D eigenvalue weighted by Gasteiger charge is 2.24. The summed E-state index contributed by atoms with van der Waals surface area (Å²) in [6.45, 7) is 1.68. The molecule has 1 atom stereocenters. The fourth-order valence-corrected chi connectivity index (χ4v) is 1.31. The van der Waals surface area contributed by atoms with Crippen molar-refractivity contribution in [3.05, 3.63) is 29.8 Å². The highest BCUT2D eigenvalue weighted by atomic mass is 16.4. The van der Waals surface area contributed by atoms with Crippen LogP contribution in [0.5, 0.6) is 0 Å². The van der Waals surface area contributed by atoms with Crippen molar-refractivity contribution >= 4 is 11.7 Å². The molecule has 0 aliphatic carbocycles. The summed E-state index contributed by atoms with van der Waals surface area (Å²) in [4.78, 5) is 10.6. The SMILES string of the molecule is C[C@@](N)(CC(=O)O)c1cccc(N)c1. The molecule has 0 fully saturated rings. The number of carboxylic acid groups (broad SMARTS) is 1. The molecule has 0 aliphatic heterocycles. The number of aliphatic carboxylic acids is 1. The summed E-state index contributed by atoms with van der Waals surface area (Å²) in [7, 11) is 0. The minimum absolute atomic E-state index is 0.115. The van der Waals surface area contributed by atoms with Crippen LogP contribution in [0.1, 0.15) is 18.9 Å². The Morgan fingerprint density at radius 3 is 2.71 bits per heavy atom. The molecule has 4 nitrogen and oxygen atoms in total. The van der Waals surface area contributed by atoms with Crippen molar-refractivity contribution in [2.45, 2.75) is 18.9 Å². The lowest BCUT2D eigenvalue weighted by Crippen LogP contribution is -2.35. The topological polar surface area (TPSA) is 89.3 Å². The summed E-state index contributed by atoms with van der Waals surface area (Å²) in [5.74, 6) is -0.919. The fourth-order valence-electron chi connectivity index (χ4n) is 1.31. The number of carboxylic acids is 1. The molecular weight excluding hydrogens is 180 g/mol. The molecule has 1 aromatic carbocycles. The van der Waals surface area contributed by atoms with Gasteiger partial charge in [0.05, 0.1) is 6.42 Å². The first-order valence-corrected chi connectivity index (χ1v) is 4.28. The molecular formula is C10H14N2O2. The molecule has 14 heavy (non-hydrogen) atoms. The van der Waals surface area contributed by atoms with Crippen LogP contribution in [0.25, 0.3) is 0 Å². The summed E-state index contributed by atoms with van der Waals surface area (Å²) in [5.41, 5.74) is 11.9. The maximum atomic E-state index is 10.6. The number of nitrogen functional groups attached to an aromatic ring is 1. The zero-order valence-electron chi connectivity index (χ0n) is 8.03. The number of hydrogen-bond donors (Lipinski definition) is 3. The van der Waals surface area contributed by atoms with Gasteiger partial charge in [-0.3, -0.25) is 4.79 Å². The Morgan fingerprint density at radius 2 is 2.21 bits per heavy atom. The Morgan fingerprint density at radius 1 is 1.57 bits per heavy atom. The van der Waals surface area contributed by atoms with Gasteiger partial charge in [-0.15, -0.1) is 0 Å². The van der Waals surface area contributed by atoms with E-state index in [0.717, 1.165) is 5.56 Å². The first kappa shape index (κ1) is 10.5. The molecule has 0 saturated heterocycles. The highest BCUT2D eigenvalue weighted by molar-refractivity contribution is 5.69. The Kier molecular flexibility index (Phi) is 2.76. The van der Waals surface area contributed by atoms with E-state index in [2.05, 4.69) is 0 Å². The van der Waals surface area contributed by atoms with Gasteiger partial charge in [-0.1, -0.05) is 12.1 Å². The smallest absolute Gasteiger partial charge is 0.305 e. The van der Waals surface area contributed by atoms with Gasteiger partial charge in [0.1, 0.15) is 0 Å². The highest BCUT2D eigenvalue weighted by Crippen LogP contribution is 2.22. The third kappa shape index (κ3) is 2.47. The molecule has 0 amide bonds. The van der Waals surface area contributed by atoms with Crippen LogP contribution in [0, 0.1) is 0 Å². The van der Waals surface area contributed by atoms with Crippen LogP contribution in [0.2, 0.25) is 0 Å². The third-order valence-electron chi connectivity index (χ3n) is 2.06. The summed E-state index contributed by atoms with van der Waals surface area (Å²) in [6, 6.07) is 6.97. The number of benzene rings is 1. The van der Waals surface area contributed by atoms with Gasteiger partial charge in [-0.2, -0.15) is 0 Å². The number of rotatable bonds is 3. The summed E-state index contributed by atoms with van der Waals surface area (Å²) in [6.07, 6.45) is -0.115. The minimum Gasteiger partial charge on any atom is -0.481 e. The van der Waals surface area contributed by atoms with Gasteiger partial charge < -0.3 is 16.6 Å². The van der Waals surface area contributed by atoms with Crippen molar-refractivity contribution in [1.82, 2.24) is 0 Å². The Labute approximate surface area is 82.5 Å². The first-order valence-electron chi connectivity index (χ1n) is 4.28. The van der Waals surface area contributed by atoms with Crippen LogP contribution in [0.4, 0.5) is 5.69 Å². The minimum atomic E-state index is -0.919. The zero-order chi connectivity index (χ0) is 10.8. The van der Waals surface area contributed by atoms with Gasteiger partial charge in [0.2, 0.25) is 0 Å². The lowest BCUT2D eigenvalue weighted by Gasteiger charge is -2.23. The van der Waals surface area contributed by atoms with Gasteiger partial charge in [0.25, 0.3) is 0 Å². The number of carbonyl (C=O) groups is 1. The molecule has 0 saturated carbocycles. The molecule has 0 aliphatic rings. The van der Waals surface area contributed by atoms with E-state index in [4.69, 9.17) is 16.6 Å². The van der Waals surface area contributed by atoms with E-state index in [1.54, 1.807) is 31.2 Å². The maximum Gasteiger partial charge on any atom is 0.305 e. The lowest BCUT2D eigenvalue weighted by molar-refractivity contribution is -0.138. The van der Waals surface area contributed by atoms with E-state index < -0.39 is 11.5 Å². The summed E-state index contributed by atoms with van der Waals surface area (Å²) < 4.78 is 0. The zero-order valence-corrected chi connectivity index (χ0v) is 8.03. The van der Waals surface area contributed by atoms with Crippen molar-refractivity contribution in [3.63, 3.8) is 0 Å². The van der Waals surface area contributed by atoms with Crippen molar-refractivity contribution < 1.29 is 9.90 Å². The van der Waals surface area contributed by atoms with E-state index in [-0.39, 0.29) is 6.42 Å². The van der Waals surface area contributed by atoms with Crippen molar-refractivity contribution in [3.8, 4) is 0 Å². The second-order valence-electron chi connectivity index (χ2n) is 3.61. The van der Waals surface area contributed by atoms with Gasteiger partial charge >= 0.3 is 5.97 Å². The average molecular weight is 194 g/mol. The van der Waals surface area contributed by atoms with E-state index in [0.29, 0.717) is 5.69 Å². The second kappa shape index (κ2) is 3.67. The van der Waals surface area contributed by atoms with Crippen LogP contribution in [0.3, 0.4) is 0 Å². The summed E-state index contributed by atoms with van der Waals surface area (Å²) >= 11 is 0. The maximum absolute atomic E-state index is 10.6. The van der Waals surface area contributed by atoms with Crippen LogP contribution in [0.15, 0.2) is 24.3 Å². The molecule has 1 rings (SSSR count). The Hall–Kier alpha value is -1.55. The average Bonchev–Trinajstić information content (AvgIpc) is 2.01. The first-order chi connectivity index (χ1) is 6.42. The fraction of sp³-hybridized carbons (Fsp3) is 0.300. The van der Waals surface area contributed by atoms with Gasteiger partial charge in [0.15, 0.2) is 0 Å². The summed E-state index contributed by atoms with van der Waals surface area (Å²) in [5, 5.41) is 8.67. The van der Waals surface area contributed by atoms with E-state index in [1.807, 2.05) is 0 Å². The van der Waals surface area contributed by atoms with Crippen molar-refractivity contribution in [1.29, 1.82) is 0 Å². The molecule has 0 unspecified atom stereocenters. The molecule has 5 N–H and O–H groups in total. The van der Waals surface area contributed by atoms with E-state index in [1.165, 1.54) is 0 Å². The van der Waals surface area contributed by atoms with Crippen molar-refractivity contribution in [2.75, 3.05) is 5.73 Å². The van der Waals surface area contributed by atoms with Crippen LogP contribution in [-0.4, -0.2) is 11.1 Å². The van der Waals surface area contributed by atoms with E-state index in [9.17, 15) is 4.79 Å². The van der Waals surface area contributed by atoms with Gasteiger partial charge in [0, 0.05) is 11.2 Å². The van der Waals surface area contributed by atoms with Crippen molar-refractivity contribution in [2.24, 2.45) is 5.73 Å². The third-order valence-corrected chi connectivity index (χ3v) is 2.06. The van der Waals surface area contributed by atoms with Crippen LogP contribution < -0.4 is 11.5 Å². The Bertz CT molecular complexity index is 348. The van der Waals surface area contributed by atoms with Crippen LogP contribution >= 0.6 is 0 Å². The standard InChI is InChI=1S/C10H14N2O2/c1-10(12,6-9(13)14)7-3-2-4-8(11)5-7/h2-5H,6,11-12H2,1H3,(H,13,14)/t10-/m1/s1. The molecule has 4 heteroatoms. The largest absolute Gasteiger partial charge is 0.481 e. The normalized spacial score (nSPS) is 14.7.